The van der Waals surface area contributed by atoms with Crippen molar-refractivity contribution in [2.45, 2.75) is 46.3 Å². The van der Waals surface area contributed by atoms with Crippen LogP contribution in [0, 0.1) is 12.8 Å². The van der Waals surface area contributed by atoms with Crippen molar-refractivity contribution in [2.24, 2.45) is 11.7 Å². The molecule has 0 fully saturated rings. The van der Waals surface area contributed by atoms with E-state index in [1.807, 2.05) is 6.07 Å². The van der Waals surface area contributed by atoms with Crippen molar-refractivity contribution < 1.29 is 9.47 Å². The number of benzene rings is 1. The Morgan fingerprint density at radius 1 is 1.29 bits per heavy atom. The van der Waals surface area contributed by atoms with Crippen LogP contribution in [0.1, 0.15) is 37.8 Å². The van der Waals surface area contributed by atoms with E-state index in [9.17, 15) is 0 Å². The van der Waals surface area contributed by atoms with Crippen LogP contribution >= 0.6 is 0 Å². The lowest BCUT2D eigenvalue weighted by Crippen LogP contribution is -2.24. The van der Waals surface area contributed by atoms with Gasteiger partial charge >= 0.3 is 0 Å². The van der Waals surface area contributed by atoms with Crippen molar-refractivity contribution in [2.75, 3.05) is 6.61 Å². The molecule has 128 valence electrons. The summed E-state index contributed by atoms with van der Waals surface area (Å²) in [5, 5.41) is 0. The molecule has 0 radical (unpaired) electrons. The standard InChI is InChI=1S/C20H26N2O2/c1-13(2)8-16(21)5-7-23-19-10-15-12-24-20-11-22-6-4-17(20)18(15)9-14(19)3/h4,6,9-11,13,16H,5,7-8,12,21H2,1-3H3/t16-/m1/s1. The second kappa shape index (κ2) is 7.22. The molecule has 1 aromatic carbocycles. The first kappa shape index (κ1) is 16.8. The molecular formula is C20H26N2O2. The number of nitrogens with zero attached hydrogens (tertiary/aromatic N) is 1. The lowest BCUT2D eigenvalue weighted by atomic mass is 9.95. The molecule has 2 heterocycles. The largest absolute Gasteiger partial charge is 0.493 e. The molecule has 1 aliphatic rings. The van der Waals surface area contributed by atoms with E-state index >= 15 is 0 Å². The number of hydrogen-bond acceptors (Lipinski definition) is 4. The third-order valence-electron chi connectivity index (χ3n) is 4.38. The minimum absolute atomic E-state index is 0.200. The number of pyridine rings is 1. The molecule has 0 spiro atoms. The van der Waals surface area contributed by atoms with Gasteiger partial charge in [0.1, 0.15) is 18.1 Å². The fraction of sp³-hybridized carbons (Fsp3) is 0.450. The first-order valence-corrected chi connectivity index (χ1v) is 8.63. The minimum atomic E-state index is 0.200. The van der Waals surface area contributed by atoms with Gasteiger partial charge < -0.3 is 15.2 Å². The number of ether oxygens (including phenoxy) is 2. The van der Waals surface area contributed by atoms with E-state index in [1.165, 1.54) is 5.56 Å². The molecule has 2 aromatic rings. The first-order chi connectivity index (χ1) is 11.5. The van der Waals surface area contributed by atoms with Crippen molar-refractivity contribution in [3.63, 3.8) is 0 Å². The lowest BCUT2D eigenvalue weighted by Gasteiger charge is -2.22. The number of aryl methyl sites for hydroxylation is 1. The molecule has 0 saturated carbocycles. The maximum Gasteiger partial charge on any atom is 0.145 e. The molecule has 1 aliphatic heterocycles. The third kappa shape index (κ3) is 3.70. The molecule has 4 nitrogen and oxygen atoms in total. The van der Waals surface area contributed by atoms with Gasteiger partial charge in [-0.25, -0.2) is 0 Å². The molecule has 0 aliphatic carbocycles. The van der Waals surface area contributed by atoms with Crippen LogP contribution in [0.4, 0.5) is 0 Å². The predicted molar refractivity (Wildman–Crippen MR) is 96.3 cm³/mol. The van der Waals surface area contributed by atoms with Gasteiger partial charge in [-0.05, 0) is 55.0 Å². The van der Waals surface area contributed by atoms with Crippen molar-refractivity contribution in [1.29, 1.82) is 0 Å². The highest BCUT2D eigenvalue weighted by Crippen LogP contribution is 2.39. The van der Waals surface area contributed by atoms with E-state index in [0.29, 0.717) is 19.1 Å². The summed E-state index contributed by atoms with van der Waals surface area (Å²) >= 11 is 0. The topological polar surface area (TPSA) is 57.4 Å². The molecule has 0 bridgehead atoms. The summed E-state index contributed by atoms with van der Waals surface area (Å²) in [6.07, 6.45) is 5.48. The van der Waals surface area contributed by atoms with Crippen LogP contribution in [0.3, 0.4) is 0 Å². The Hall–Kier alpha value is -2.07. The fourth-order valence-electron chi connectivity index (χ4n) is 3.17. The maximum atomic E-state index is 6.13. The zero-order chi connectivity index (χ0) is 17.1. The number of aromatic nitrogens is 1. The molecule has 0 saturated heterocycles. The predicted octanol–water partition coefficient (Wildman–Crippen LogP) is 4.09. The molecule has 1 aromatic heterocycles. The summed E-state index contributed by atoms with van der Waals surface area (Å²) < 4.78 is 11.8. The maximum absolute atomic E-state index is 6.13. The second-order valence-corrected chi connectivity index (χ2v) is 6.96. The van der Waals surface area contributed by atoms with Crippen molar-refractivity contribution >= 4 is 0 Å². The van der Waals surface area contributed by atoms with Gasteiger partial charge in [0.15, 0.2) is 0 Å². The Labute approximate surface area is 144 Å². The summed E-state index contributed by atoms with van der Waals surface area (Å²) in [6.45, 7) is 7.68. The molecule has 2 N–H and O–H groups in total. The van der Waals surface area contributed by atoms with Gasteiger partial charge in [-0.15, -0.1) is 0 Å². The van der Waals surface area contributed by atoms with Crippen LogP contribution in [0.15, 0.2) is 30.6 Å². The molecule has 4 heteroatoms. The Morgan fingerprint density at radius 3 is 2.92 bits per heavy atom. The minimum Gasteiger partial charge on any atom is -0.493 e. The van der Waals surface area contributed by atoms with Gasteiger partial charge in [0.2, 0.25) is 0 Å². The Balaban J connectivity index is 1.71. The van der Waals surface area contributed by atoms with Gasteiger partial charge in [0, 0.05) is 23.4 Å². The lowest BCUT2D eigenvalue weighted by molar-refractivity contribution is 0.282. The average Bonchev–Trinajstić information content (AvgIpc) is 2.54. The van der Waals surface area contributed by atoms with Crippen LogP contribution < -0.4 is 15.2 Å². The smallest absolute Gasteiger partial charge is 0.145 e. The van der Waals surface area contributed by atoms with Crippen LogP contribution in [-0.4, -0.2) is 17.6 Å². The normalized spacial score (nSPS) is 13.9. The van der Waals surface area contributed by atoms with E-state index in [1.54, 1.807) is 12.4 Å². The second-order valence-electron chi connectivity index (χ2n) is 6.96. The number of nitrogens with two attached hydrogens (primary N) is 1. The van der Waals surface area contributed by atoms with Gasteiger partial charge in [-0.3, -0.25) is 4.98 Å². The van der Waals surface area contributed by atoms with Crippen LogP contribution in [0.5, 0.6) is 11.5 Å². The van der Waals surface area contributed by atoms with Gasteiger partial charge in [-0.1, -0.05) is 13.8 Å². The molecule has 1 atom stereocenters. The Bertz CT molecular complexity index is 713. The fourth-order valence-corrected chi connectivity index (χ4v) is 3.17. The van der Waals surface area contributed by atoms with Crippen LogP contribution in [-0.2, 0) is 6.61 Å². The monoisotopic (exact) mass is 326 g/mol. The zero-order valence-corrected chi connectivity index (χ0v) is 14.7. The van der Waals surface area contributed by atoms with Gasteiger partial charge in [0.25, 0.3) is 0 Å². The molecule has 24 heavy (non-hydrogen) atoms. The van der Waals surface area contributed by atoms with Crippen molar-refractivity contribution in [1.82, 2.24) is 4.98 Å². The Kier molecular flexibility index (Phi) is 5.05. The van der Waals surface area contributed by atoms with E-state index in [0.717, 1.165) is 41.0 Å². The number of hydrogen-bond donors (Lipinski definition) is 1. The third-order valence-corrected chi connectivity index (χ3v) is 4.38. The van der Waals surface area contributed by atoms with E-state index in [2.05, 4.69) is 37.9 Å². The van der Waals surface area contributed by atoms with Gasteiger partial charge in [-0.2, -0.15) is 0 Å². The average molecular weight is 326 g/mol. The van der Waals surface area contributed by atoms with E-state index in [-0.39, 0.29) is 6.04 Å². The van der Waals surface area contributed by atoms with Gasteiger partial charge in [0.05, 0.1) is 12.8 Å². The number of rotatable bonds is 6. The quantitative estimate of drug-likeness (QED) is 0.868. The summed E-state index contributed by atoms with van der Waals surface area (Å²) in [5.74, 6) is 2.39. The van der Waals surface area contributed by atoms with E-state index in [4.69, 9.17) is 15.2 Å². The summed E-state index contributed by atoms with van der Waals surface area (Å²) in [5.41, 5.74) is 10.7. The number of fused-ring (bicyclic) bond motifs is 3. The van der Waals surface area contributed by atoms with Crippen LogP contribution in [0.2, 0.25) is 0 Å². The van der Waals surface area contributed by atoms with Crippen molar-refractivity contribution in [3.8, 4) is 22.6 Å². The SMILES string of the molecule is Cc1cc2c(cc1OCC[C@@H](N)CC(C)C)COc1cnccc1-2. The summed E-state index contributed by atoms with van der Waals surface area (Å²) in [7, 11) is 0. The molecular weight excluding hydrogens is 300 g/mol. The van der Waals surface area contributed by atoms with Crippen LogP contribution in [0.25, 0.3) is 11.1 Å². The van der Waals surface area contributed by atoms with Crippen molar-refractivity contribution in [3.05, 3.63) is 41.7 Å². The highest BCUT2D eigenvalue weighted by atomic mass is 16.5. The zero-order valence-electron chi connectivity index (χ0n) is 14.7. The Morgan fingerprint density at radius 2 is 2.12 bits per heavy atom. The molecule has 3 rings (SSSR count). The first-order valence-electron chi connectivity index (χ1n) is 8.63. The highest BCUT2D eigenvalue weighted by molar-refractivity contribution is 5.76. The highest BCUT2D eigenvalue weighted by Gasteiger charge is 2.19. The summed E-state index contributed by atoms with van der Waals surface area (Å²) in [4.78, 5) is 4.13. The molecule has 0 unspecified atom stereocenters. The molecule has 0 amide bonds. The van der Waals surface area contributed by atoms with E-state index < -0.39 is 0 Å². The summed E-state index contributed by atoms with van der Waals surface area (Å²) in [6, 6.07) is 6.48.